The first-order chi connectivity index (χ1) is 15.1. The highest BCUT2D eigenvalue weighted by Gasteiger charge is 2.45. The molecule has 4 rings (SSSR count). The fourth-order valence-corrected chi connectivity index (χ4v) is 4.40. The van der Waals surface area contributed by atoms with E-state index in [1.54, 1.807) is 31.2 Å². The van der Waals surface area contributed by atoms with Crippen molar-refractivity contribution < 1.29 is 14.0 Å². The van der Waals surface area contributed by atoms with Gasteiger partial charge >= 0.3 is 0 Å². The van der Waals surface area contributed by atoms with Crippen molar-refractivity contribution >= 4 is 11.7 Å². The Bertz CT molecular complexity index is 1210. The molecule has 0 bridgehead atoms. The number of nitrogens with zero attached hydrogens (tertiary/aromatic N) is 2. The smallest absolute Gasteiger partial charge is 0.270 e. The summed E-state index contributed by atoms with van der Waals surface area (Å²) < 4.78 is 5.82. The molecule has 2 heterocycles. The number of carbonyl (C=O) groups excluding carboxylic acids is 2. The van der Waals surface area contributed by atoms with Crippen LogP contribution in [0.25, 0.3) is 0 Å². The van der Waals surface area contributed by atoms with Gasteiger partial charge in [-0.15, -0.1) is 0 Å². The molecule has 2 aliphatic rings. The number of furan rings is 1. The first-order valence-electron chi connectivity index (χ1n) is 10.5. The van der Waals surface area contributed by atoms with Crippen molar-refractivity contribution in [2.75, 3.05) is 0 Å². The van der Waals surface area contributed by atoms with Gasteiger partial charge in [-0.25, -0.2) is 5.01 Å². The Morgan fingerprint density at radius 3 is 2.47 bits per heavy atom. The number of hydrogen-bond acceptors (Lipinski definition) is 6. The summed E-state index contributed by atoms with van der Waals surface area (Å²) >= 11 is 0. The summed E-state index contributed by atoms with van der Waals surface area (Å²) in [5.74, 6) is 0.116. The van der Waals surface area contributed by atoms with Crippen LogP contribution in [0.1, 0.15) is 60.0 Å². The summed E-state index contributed by atoms with van der Waals surface area (Å²) in [5.41, 5.74) is 11.7. The van der Waals surface area contributed by atoms with Crippen LogP contribution in [0.15, 0.2) is 63.5 Å². The lowest BCUT2D eigenvalue weighted by molar-refractivity contribution is -0.118. The number of carbonyl (C=O) groups is 2. The molecule has 1 aromatic carbocycles. The maximum Gasteiger partial charge on any atom is 0.270 e. The number of rotatable bonds is 3. The Labute approximate surface area is 187 Å². The molecule has 1 unspecified atom stereocenters. The molecule has 0 fully saturated rings. The van der Waals surface area contributed by atoms with Gasteiger partial charge in [0.2, 0.25) is 0 Å². The Balaban J connectivity index is 1.84. The molecule has 32 heavy (non-hydrogen) atoms. The molecule has 164 valence electrons. The van der Waals surface area contributed by atoms with E-state index in [9.17, 15) is 14.9 Å². The van der Waals surface area contributed by atoms with E-state index in [0.717, 1.165) is 5.56 Å². The molecule has 7 heteroatoms. The second-order valence-corrected chi connectivity index (χ2v) is 9.24. The van der Waals surface area contributed by atoms with Gasteiger partial charge in [0.05, 0.1) is 23.3 Å². The highest BCUT2D eigenvalue weighted by molar-refractivity contribution is 6.00. The normalized spacial score (nSPS) is 20.2. The first-order valence-corrected chi connectivity index (χ1v) is 10.5. The van der Waals surface area contributed by atoms with Gasteiger partial charge in [0, 0.05) is 17.6 Å². The summed E-state index contributed by atoms with van der Waals surface area (Å²) in [6, 6.07) is 12.8. The third-order valence-corrected chi connectivity index (χ3v) is 5.95. The number of ketones is 1. The molecule has 2 aromatic rings. The third kappa shape index (κ3) is 3.69. The second-order valence-electron chi connectivity index (χ2n) is 9.24. The zero-order valence-electron chi connectivity index (χ0n) is 18.7. The molecule has 0 saturated carbocycles. The Kier molecular flexibility index (Phi) is 5.17. The van der Waals surface area contributed by atoms with Crippen molar-refractivity contribution in [2.45, 2.75) is 46.5 Å². The minimum absolute atomic E-state index is 0.0786. The van der Waals surface area contributed by atoms with Crippen molar-refractivity contribution in [3.8, 4) is 6.07 Å². The van der Waals surface area contributed by atoms with E-state index >= 15 is 0 Å². The SMILES string of the molecule is Cc1ccc(C(=O)NN2C(N)=C(C#N)C(c3ccc(C)o3)C3=C2CC(C)(C)CC3=O)cc1. The predicted molar refractivity (Wildman–Crippen MR) is 119 cm³/mol. The molecule has 1 aliphatic heterocycles. The van der Waals surface area contributed by atoms with Crippen LogP contribution in [0, 0.1) is 30.6 Å². The predicted octanol–water partition coefficient (Wildman–Crippen LogP) is 3.98. The zero-order chi connectivity index (χ0) is 23.2. The van der Waals surface area contributed by atoms with Crippen LogP contribution in [-0.4, -0.2) is 16.7 Å². The lowest BCUT2D eigenvalue weighted by atomic mass is 9.70. The second kappa shape index (κ2) is 7.72. The number of hydrazine groups is 1. The first kappa shape index (κ1) is 21.4. The number of aryl methyl sites for hydroxylation is 2. The minimum Gasteiger partial charge on any atom is -0.465 e. The Hall–Kier alpha value is -3.79. The van der Waals surface area contributed by atoms with E-state index in [0.29, 0.717) is 41.2 Å². The van der Waals surface area contributed by atoms with Crippen LogP contribution in [0.4, 0.5) is 0 Å². The number of allylic oxidation sites excluding steroid dienone is 3. The van der Waals surface area contributed by atoms with Gasteiger partial charge in [-0.05, 0) is 49.9 Å². The third-order valence-electron chi connectivity index (χ3n) is 5.95. The standard InChI is InChI=1S/C25H26N4O3/c1-14-5-8-16(9-6-14)24(31)28-29-18-11-25(3,4)12-19(30)22(18)21(17(13-26)23(29)27)20-10-7-15(2)32-20/h5-10,21H,11-12,27H2,1-4H3,(H,28,31). The summed E-state index contributed by atoms with van der Waals surface area (Å²) in [6.07, 6.45) is 0.845. The molecule has 7 nitrogen and oxygen atoms in total. The Morgan fingerprint density at radius 2 is 1.88 bits per heavy atom. The summed E-state index contributed by atoms with van der Waals surface area (Å²) in [6.45, 7) is 7.75. The van der Waals surface area contributed by atoms with Crippen molar-refractivity contribution in [3.05, 3.63) is 81.7 Å². The molecular weight excluding hydrogens is 404 g/mol. The summed E-state index contributed by atoms with van der Waals surface area (Å²) in [7, 11) is 0. The minimum atomic E-state index is -0.695. The molecule has 1 aliphatic carbocycles. The van der Waals surface area contributed by atoms with Gasteiger partial charge in [-0.3, -0.25) is 15.0 Å². The average Bonchev–Trinajstić information content (AvgIpc) is 3.15. The molecule has 0 saturated heterocycles. The lowest BCUT2D eigenvalue weighted by Crippen LogP contribution is -2.49. The number of Topliss-reactive ketones (excluding diaryl/α,β-unsaturated/α-hetero) is 1. The van der Waals surface area contributed by atoms with E-state index in [4.69, 9.17) is 10.2 Å². The lowest BCUT2D eigenvalue weighted by Gasteiger charge is -2.42. The van der Waals surface area contributed by atoms with Gasteiger partial charge < -0.3 is 10.2 Å². The number of nitrogens with two attached hydrogens (primary N) is 1. The van der Waals surface area contributed by atoms with Crippen LogP contribution in [0.3, 0.4) is 0 Å². The van der Waals surface area contributed by atoms with E-state index in [2.05, 4.69) is 11.5 Å². The van der Waals surface area contributed by atoms with E-state index in [1.807, 2.05) is 32.9 Å². The molecule has 1 aromatic heterocycles. The van der Waals surface area contributed by atoms with Crippen molar-refractivity contribution in [3.63, 3.8) is 0 Å². The average molecular weight is 431 g/mol. The van der Waals surface area contributed by atoms with Crippen LogP contribution < -0.4 is 11.2 Å². The maximum atomic E-state index is 13.3. The van der Waals surface area contributed by atoms with Crippen molar-refractivity contribution in [2.24, 2.45) is 11.1 Å². The number of nitrogens with one attached hydrogen (secondary N) is 1. The van der Waals surface area contributed by atoms with Gasteiger partial charge in [0.1, 0.15) is 17.3 Å². The van der Waals surface area contributed by atoms with Gasteiger partial charge in [-0.1, -0.05) is 31.5 Å². The van der Waals surface area contributed by atoms with Gasteiger partial charge in [0.15, 0.2) is 5.78 Å². The van der Waals surface area contributed by atoms with Crippen LogP contribution in [0.2, 0.25) is 0 Å². The fourth-order valence-electron chi connectivity index (χ4n) is 4.40. The molecule has 3 N–H and O–H groups in total. The van der Waals surface area contributed by atoms with E-state index in [-0.39, 0.29) is 28.5 Å². The van der Waals surface area contributed by atoms with E-state index in [1.165, 1.54) is 5.01 Å². The van der Waals surface area contributed by atoms with Crippen molar-refractivity contribution in [1.29, 1.82) is 5.26 Å². The van der Waals surface area contributed by atoms with Gasteiger partial charge in [-0.2, -0.15) is 5.26 Å². The molecule has 1 amide bonds. The molecule has 0 spiro atoms. The number of nitriles is 1. The highest BCUT2D eigenvalue weighted by Crippen LogP contribution is 2.48. The summed E-state index contributed by atoms with van der Waals surface area (Å²) in [5, 5.41) is 11.4. The highest BCUT2D eigenvalue weighted by atomic mass is 16.3. The van der Waals surface area contributed by atoms with Crippen molar-refractivity contribution in [1.82, 2.24) is 10.4 Å². The molecule has 0 radical (unpaired) electrons. The fraction of sp³-hybridized carbons (Fsp3) is 0.320. The van der Waals surface area contributed by atoms with Crippen LogP contribution in [-0.2, 0) is 4.79 Å². The number of amides is 1. The molecular formula is C25H26N4O3. The number of benzene rings is 1. The van der Waals surface area contributed by atoms with Crippen LogP contribution in [0.5, 0.6) is 0 Å². The quantitative estimate of drug-likeness (QED) is 0.762. The van der Waals surface area contributed by atoms with E-state index < -0.39 is 5.92 Å². The Morgan fingerprint density at radius 1 is 1.19 bits per heavy atom. The monoisotopic (exact) mass is 430 g/mol. The topological polar surface area (TPSA) is 112 Å². The zero-order valence-corrected chi connectivity index (χ0v) is 18.7. The molecule has 1 atom stereocenters. The van der Waals surface area contributed by atoms with Gasteiger partial charge in [0.25, 0.3) is 5.91 Å². The largest absolute Gasteiger partial charge is 0.465 e. The maximum absolute atomic E-state index is 13.3. The summed E-state index contributed by atoms with van der Waals surface area (Å²) in [4.78, 5) is 26.3. The van der Waals surface area contributed by atoms with Crippen LogP contribution >= 0.6 is 0 Å². The number of hydrogen-bond donors (Lipinski definition) is 2.